The summed E-state index contributed by atoms with van der Waals surface area (Å²) < 4.78 is 27.7. The first kappa shape index (κ1) is 16.7. The number of nitrogens with one attached hydrogen (secondary N) is 1. The molecule has 0 aliphatic carbocycles. The van der Waals surface area contributed by atoms with E-state index in [0.717, 1.165) is 6.07 Å². The lowest BCUT2D eigenvalue weighted by atomic mass is 10.2. The lowest BCUT2D eigenvalue weighted by Gasteiger charge is -2.09. The van der Waals surface area contributed by atoms with Gasteiger partial charge in [0.1, 0.15) is 0 Å². The summed E-state index contributed by atoms with van der Waals surface area (Å²) >= 11 is 8.93. The first-order valence-electron chi connectivity index (χ1n) is 4.98. The highest BCUT2D eigenvalue weighted by Crippen LogP contribution is 2.30. The number of hydrogen-bond donors (Lipinski definition) is 1. The lowest BCUT2D eigenvalue weighted by molar-refractivity contribution is 0.0937. The topological polar surface area (TPSA) is 72.5 Å². The normalized spacial score (nSPS) is 11.4. The summed E-state index contributed by atoms with van der Waals surface area (Å²) in [5, 5.41) is 2.65. The van der Waals surface area contributed by atoms with Gasteiger partial charge >= 0.3 is 0 Å². The Hall–Kier alpha value is -0.340. The minimum Gasteiger partial charge on any atom is -0.383 e. The van der Waals surface area contributed by atoms with Gasteiger partial charge in [0.05, 0.1) is 22.1 Å². The van der Waals surface area contributed by atoms with Crippen LogP contribution in [0.15, 0.2) is 21.5 Å². The van der Waals surface area contributed by atoms with Crippen LogP contribution < -0.4 is 5.32 Å². The van der Waals surface area contributed by atoms with Gasteiger partial charge in [-0.05, 0) is 28.1 Å². The van der Waals surface area contributed by atoms with E-state index in [-0.39, 0.29) is 26.5 Å². The molecular formula is C10H10BrCl2NO4S. The van der Waals surface area contributed by atoms with E-state index >= 15 is 0 Å². The van der Waals surface area contributed by atoms with Crippen LogP contribution in [0.5, 0.6) is 0 Å². The number of halogens is 3. The van der Waals surface area contributed by atoms with Crippen molar-refractivity contribution in [2.45, 2.75) is 4.90 Å². The molecule has 1 N–H and O–H groups in total. The monoisotopic (exact) mass is 389 g/mol. The fourth-order valence-electron chi connectivity index (χ4n) is 1.25. The van der Waals surface area contributed by atoms with Crippen LogP contribution in [0.25, 0.3) is 0 Å². The predicted octanol–water partition coefficient (Wildman–Crippen LogP) is 2.41. The van der Waals surface area contributed by atoms with Crippen molar-refractivity contribution in [3.05, 3.63) is 27.2 Å². The fraction of sp³-hybridized carbons (Fsp3) is 0.300. The van der Waals surface area contributed by atoms with Crippen molar-refractivity contribution in [1.29, 1.82) is 0 Å². The molecule has 0 fully saturated rings. The minimum absolute atomic E-state index is 0.0280. The Morgan fingerprint density at radius 2 is 2.11 bits per heavy atom. The summed E-state index contributed by atoms with van der Waals surface area (Å²) in [4.78, 5) is 11.6. The van der Waals surface area contributed by atoms with Crippen molar-refractivity contribution in [3.63, 3.8) is 0 Å². The number of carbonyl (C=O) groups is 1. The highest BCUT2D eigenvalue weighted by atomic mass is 79.9. The summed E-state index contributed by atoms with van der Waals surface area (Å²) in [6.45, 7) is 0.616. The SMILES string of the molecule is COCCNC(=O)c1cc(S(=O)(=O)Cl)c(Br)cc1Cl. The van der Waals surface area contributed by atoms with Crippen LogP contribution in [0.3, 0.4) is 0 Å². The van der Waals surface area contributed by atoms with Gasteiger partial charge in [-0.15, -0.1) is 0 Å². The van der Waals surface area contributed by atoms with Crippen molar-refractivity contribution < 1.29 is 17.9 Å². The zero-order valence-electron chi connectivity index (χ0n) is 9.74. The summed E-state index contributed by atoms with van der Waals surface area (Å²) in [5.74, 6) is -0.504. The summed E-state index contributed by atoms with van der Waals surface area (Å²) in [6.07, 6.45) is 0. The van der Waals surface area contributed by atoms with E-state index in [0.29, 0.717) is 6.61 Å². The molecule has 0 aromatic heterocycles. The van der Waals surface area contributed by atoms with Gasteiger partial charge < -0.3 is 10.1 Å². The molecule has 0 saturated carbocycles. The molecule has 19 heavy (non-hydrogen) atoms. The second-order valence-electron chi connectivity index (χ2n) is 3.45. The molecule has 0 saturated heterocycles. The molecule has 0 radical (unpaired) electrons. The van der Waals surface area contributed by atoms with Gasteiger partial charge in [-0.2, -0.15) is 0 Å². The van der Waals surface area contributed by atoms with Gasteiger partial charge in [-0.1, -0.05) is 11.6 Å². The maximum Gasteiger partial charge on any atom is 0.262 e. The maximum atomic E-state index is 11.8. The largest absolute Gasteiger partial charge is 0.383 e. The van der Waals surface area contributed by atoms with Gasteiger partial charge in [-0.25, -0.2) is 8.42 Å². The van der Waals surface area contributed by atoms with Crippen molar-refractivity contribution in [2.24, 2.45) is 0 Å². The Morgan fingerprint density at radius 3 is 2.63 bits per heavy atom. The number of rotatable bonds is 5. The lowest BCUT2D eigenvalue weighted by Crippen LogP contribution is -2.27. The van der Waals surface area contributed by atoms with Gasteiger partial charge in [-0.3, -0.25) is 4.79 Å². The van der Waals surface area contributed by atoms with Crippen molar-refractivity contribution in [1.82, 2.24) is 5.32 Å². The smallest absolute Gasteiger partial charge is 0.262 e. The second kappa shape index (κ2) is 6.90. The quantitative estimate of drug-likeness (QED) is 0.618. The van der Waals surface area contributed by atoms with E-state index in [4.69, 9.17) is 27.0 Å². The first-order valence-corrected chi connectivity index (χ1v) is 8.46. The molecule has 1 amide bonds. The number of ether oxygens (including phenoxy) is 1. The van der Waals surface area contributed by atoms with Crippen LogP contribution in [0.2, 0.25) is 5.02 Å². The van der Waals surface area contributed by atoms with Crippen molar-refractivity contribution >= 4 is 53.2 Å². The van der Waals surface area contributed by atoms with Gasteiger partial charge in [0.15, 0.2) is 0 Å². The Morgan fingerprint density at radius 1 is 1.47 bits per heavy atom. The molecule has 0 atom stereocenters. The molecule has 0 heterocycles. The van der Waals surface area contributed by atoms with Crippen LogP contribution in [0, 0.1) is 0 Å². The molecule has 0 spiro atoms. The molecule has 0 bridgehead atoms. The zero-order chi connectivity index (χ0) is 14.6. The Bertz CT molecular complexity index is 591. The molecular weight excluding hydrogens is 381 g/mol. The van der Waals surface area contributed by atoms with E-state index in [2.05, 4.69) is 21.2 Å². The molecule has 0 aliphatic heterocycles. The molecule has 9 heteroatoms. The molecule has 1 aromatic rings. The number of carbonyl (C=O) groups excluding carboxylic acids is 1. The molecule has 1 rings (SSSR count). The molecule has 106 valence electrons. The Balaban J connectivity index is 3.11. The average molecular weight is 391 g/mol. The van der Waals surface area contributed by atoms with Crippen LogP contribution in [0.4, 0.5) is 0 Å². The zero-order valence-corrected chi connectivity index (χ0v) is 13.7. The number of methoxy groups -OCH3 is 1. The average Bonchev–Trinajstić information content (AvgIpc) is 2.27. The predicted molar refractivity (Wildman–Crippen MR) is 76.4 cm³/mol. The van der Waals surface area contributed by atoms with E-state index in [9.17, 15) is 13.2 Å². The van der Waals surface area contributed by atoms with E-state index in [1.54, 1.807) is 0 Å². The third-order valence-electron chi connectivity index (χ3n) is 2.12. The number of hydrogen-bond acceptors (Lipinski definition) is 4. The number of benzene rings is 1. The minimum atomic E-state index is -3.97. The van der Waals surface area contributed by atoms with Crippen molar-refractivity contribution in [2.75, 3.05) is 20.3 Å². The van der Waals surface area contributed by atoms with Crippen molar-refractivity contribution in [3.8, 4) is 0 Å². The summed E-state index contributed by atoms with van der Waals surface area (Å²) in [6, 6.07) is 2.43. The van der Waals surface area contributed by atoms with E-state index < -0.39 is 15.0 Å². The van der Waals surface area contributed by atoms with E-state index in [1.807, 2.05) is 0 Å². The second-order valence-corrected chi connectivity index (χ2v) is 7.24. The highest BCUT2D eigenvalue weighted by molar-refractivity contribution is 9.10. The van der Waals surface area contributed by atoms with Crippen LogP contribution in [-0.4, -0.2) is 34.6 Å². The van der Waals surface area contributed by atoms with Gasteiger partial charge in [0.2, 0.25) is 0 Å². The third kappa shape index (κ3) is 4.61. The van der Waals surface area contributed by atoms with Gasteiger partial charge in [0, 0.05) is 28.8 Å². The number of amides is 1. The fourth-order valence-corrected chi connectivity index (χ4v) is 3.83. The Labute approximate surface area is 128 Å². The van der Waals surface area contributed by atoms with Crippen LogP contribution in [0.1, 0.15) is 10.4 Å². The highest BCUT2D eigenvalue weighted by Gasteiger charge is 2.20. The van der Waals surface area contributed by atoms with Gasteiger partial charge in [0.25, 0.3) is 15.0 Å². The standard InChI is InChI=1S/C10H10BrCl2NO4S/c1-18-3-2-14-10(15)6-4-9(19(13,16)17)7(11)5-8(6)12/h4-5H,2-3H2,1H3,(H,14,15). The van der Waals surface area contributed by atoms with Crippen LogP contribution in [-0.2, 0) is 13.8 Å². The molecule has 0 aliphatic rings. The Kier molecular flexibility index (Phi) is 6.07. The molecule has 5 nitrogen and oxygen atoms in total. The third-order valence-corrected chi connectivity index (χ3v) is 4.71. The van der Waals surface area contributed by atoms with E-state index in [1.165, 1.54) is 13.2 Å². The summed E-state index contributed by atoms with van der Waals surface area (Å²) in [7, 11) is 2.79. The van der Waals surface area contributed by atoms with Crippen LogP contribution >= 0.6 is 38.2 Å². The molecule has 0 unspecified atom stereocenters. The summed E-state index contributed by atoms with van der Waals surface area (Å²) in [5.41, 5.74) is 0.0280. The first-order chi connectivity index (χ1) is 8.77. The molecule has 1 aromatic carbocycles. The maximum absolute atomic E-state index is 11.8.